The predicted octanol–water partition coefficient (Wildman–Crippen LogP) is 2.55. The van der Waals surface area contributed by atoms with Crippen molar-refractivity contribution in [2.45, 2.75) is 32.9 Å². The maximum absolute atomic E-state index is 12.4. The van der Waals surface area contributed by atoms with Crippen molar-refractivity contribution in [3.8, 4) is 5.75 Å². The Morgan fingerprint density at radius 1 is 1.04 bits per heavy atom. The topological polar surface area (TPSA) is 72.0 Å². The molecule has 0 unspecified atom stereocenters. The molecule has 1 amide bonds. The summed E-state index contributed by atoms with van der Waals surface area (Å²) in [5, 5.41) is 4.88. The minimum atomic E-state index is -0.271. The van der Waals surface area contributed by atoms with Gasteiger partial charge in [0.2, 0.25) is 0 Å². The number of hydrogen-bond acceptors (Lipinski definition) is 3. The number of methoxy groups -OCH3 is 1. The molecule has 0 aromatic heterocycles. The Morgan fingerprint density at radius 2 is 1.68 bits per heavy atom. The first kappa shape index (κ1) is 18.7. The van der Waals surface area contributed by atoms with Gasteiger partial charge in [-0.2, -0.15) is 0 Å². The Labute approximate surface area is 148 Å². The van der Waals surface area contributed by atoms with E-state index in [9.17, 15) is 9.59 Å². The van der Waals surface area contributed by atoms with Crippen LogP contribution in [0, 0.1) is 0 Å². The number of carbonyl (C=O) groups excluding carboxylic acids is 2. The molecule has 0 spiro atoms. The average Bonchev–Trinajstić information content (AvgIpc) is 2.61. The average molecular weight is 341 g/mol. The largest absolute Gasteiger partial charge is 0.496 e. The van der Waals surface area contributed by atoms with Crippen molar-refractivity contribution in [1.29, 1.82) is 0 Å². The first-order valence-corrected chi connectivity index (χ1v) is 8.32. The van der Waals surface area contributed by atoms with Gasteiger partial charge in [0.25, 0.3) is 5.91 Å². The molecule has 0 radical (unpaired) electrons. The van der Waals surface area contributed by atoms with Gasteiger partial charge in [0.05, 0.1) is 12.7 Å². The molecule has 0 aliphatic heterocycles. The van der Waals surface area contributed by atoms with Crippen LogP contribution in [-0.2, 0) is 4.79 Å². The third kappa shape index (κ3) is 4.90. The van der Waals surface area contributed by atoms with E-state index in [1.54, 1.807) is 31.4 Å². The van der Waals surface area contributed by atoms with Crippen LogP contribution in [0.25, 0.3) is 0 Å². The van der Waals surface area contributed by atoms with Crippen LogP contribution in [0.4, 0.5) is 5.69 Å². The maximum Gasteiger partial charge on any atom is 0.282 e. The highest BCUT2D eigenvalue weighted by molar-refractivity contribution is 5.96. The van der Waals surface area contributed by atoms with Gasteiger partial charge in [0.1, 0.15) is 11.8 Å². The van der Waals surface area contributed by atoms with Crippen LogP contribution in [0.5, 0.6) is 5.75 Å². The zero-order valence-corrected chi connectivity index (χ0v) is 15.1. The number of nitrogens with one attached hydrogen (secondary N) is 1. The molecule has 2 rings (SSSR count). The molecule has 25 heavy (non-hydrogen) atoms. The van der Waals surface area contributed by atoms with E-state index < -0.39 is 0 Å². The van der Waals surface area contributed by atoms with Gasteiger partial charge in [0, 0.05) is 11.3 Å². The van der Waals surface area contributed by atoms with Gasteiger partial charge in [-0.05, 0) is 57.2 Å². The lowest BCUT2D eigenvalue weighted by Crippen LogP contribution is -2.91. The maximum atomic E-state index is 12.4. The van der Waals surface area contributed by atoms with E-state index in [1.165, 1.54) is 6.92 Å². The standard InChI is InChI=1S/C20H24N2O3/c1-13(18-7-5-6-8-19(18)25-4)21-14(2)20(24)22-17-11-9-16(10-12-17)15(3)23/h5-14,21H,1-4H3,(H,22,24)/p+1/t13-,14-/m0/s1. The highest BCUT2D eigenvalue weighted by Gasteiger charge is 2.22. The summed E-state index contributed by atoms with van der Waals surface area (Å²) in [7, 11) is 1.65. The van der Waals surface area contributed by atoms with E-state index in [0.717, 1.165) is 11.3 Å². The van der Waals surface area contributed by atoms with Crippen LogP contribution in [-0.4, -0.2) is 24.8 Å². The number of quaternary nitrogens is 1. The second kappa shape index (κ2) is 8.44. The molecule has 0 aliphatic rings. The minimum Gasteiger partial charge on any atom is -0.496 e. The molecule has 0 fully saturated rings. The number of hydrogen-bond donors (Lipinski definition) is 2. The van der Waals surface area contributed by atoms with Crippen molar-refractivity contribution < 1.29 is 19.6 Å². The van der Waals surface area contributed by atoms with Gasteiger partial charge in [-0.3, -0.25) is 9.59 Å². The van der Waals surface area contributed by atoms with Crippen molar-refractivity contribution >= 4 is 17.4 Å². The molecule has 0 aliphatic carbocycles. The molecular formula is C20H25N2O3+. The first-order chi connectivity index (χ1) is 11.9. The first-order valence-electron chi connectivity index (χ1n) is 8.32. The molecule has 2 aromatic carbocycles. The SMILES string of the molecule is COc1ccccc1[C@H](C)[NH2+][C@@H](C)C(=O)Nc1ccc(C(C)=O)cc1. The third-order valence-electron chi connectivity index (χ3n) is 4.18. The van der Waals surface area contributed by atoms with Gasteiger partial charge in [0.15, 0.2) is 11.8 Å². The van der Waals surface area contributed by atoms with Crippen molar-refractivity contribution in [2.24, 2.45) is 0 Å². The van der Waals surface area contributed by atoms with Crippen LogP contribution in [0.3, 0.4) is 0 Å². The van der Waals surface area contributed by atoms with Crippen LogP contribution < -0.4 is 15.4 Å². The number of Topliss-reactive ketones (excluding diaryl/α,β-unsaturated/α-hetero) is 1. The van der Waals surface area contributed by atoms with Crippen LogP contribution in [0.15, 0.2) is 48.5 Å². The highest BCUT2D eigenvalue weighted by atomic mass is 16.5. The number of amides is 1. The molecular weight excluding hydrogens is 316 g/mol. The van der Waals surface area contributed by atoms with Crippen LogP contribution in [0.2, 0.25) is 0 Å². The zero-order valence-electron chi connectivity index (χ0n) is 15.1. The molecule has 2 aromatic rings. The second-order valence-corrected chi connectivity index (χ2v) is 6.13. The summed E-state index contributed by atoms with van der Waals surface area (Å²) >= 11 is 0. The molecule has 5 heteroatoms. The molecule has 0 bridgehead atoms. The van der Waals surface area contributed by atoms with E-state index in [2.05, 4.69) is 5.32 Å². The molecule has 0 saturated heterocycles. The smallest absolute Gasteiger partial charge is 0.282 e. The van der Waals surface area contributed by atoms with Gasteiger partial charge in [-0.25, -0.2) is 0 Å². The van der Waals surface area contributed by atoms with E-state index in [-0.39, 0.29) is 23.8 Å². The summed E-state index contributed by atoms with van der Waals surface area (Å²) in [6.45, 7) is 5.43. The number of ether oxygens (including phenoxy) is 1. The van der Waals surface area contributed by atoms with E-state index in [1.807, 2.05) is 43.4 Å². The lowest BCUT2D eigenvalue weighted by atomic mass is 10.1. The fourth-order valence-electron chi connectivity index (χ4n) is 2.71. The molecule has 5 nitrogen and oxygen atoms in total. The van der Waals surface area contributed by atoms with Gasteiger partial charge in [-0.15, -0.1) is 0 Å². The summed E-state index contributed by atoms with van der Waals surface area (Å²) in [6, 6.07) is 14.5. The number of para-hydroxylation sites is 1. The predicted molar refractivity (Wildman–Crippen MR) is 97.9 cm³/mol. The number of rotatable bonds is 7. The quantitative estimate of drug-likeness (QED) is 0.760. The summed E-state index contributed by atoms with van der Waals surface area (Å²) in [4.78, 5) is 23.7. The van der Waals surface area contributed by atoms with Gasteiger partial charge >= 0.3 is 0 Å². The lowest BCUT2D eigenvalue weighted by molar-refractivity contribution is -0.709. The van der Waals surface area contributed by atoms with Crippen molar-refractivity contribution in [3.05, 3.63) is 59.7 Å². The Kier molecular flexibility index (Phi) is 6.31. The number of carbonyl (C=O) groups is 2. The second-order valence-electron chi connectivity index (χ2n) is 6.13. The van der Waals surface area contributed by atoms with Gasteiger partial charge < -0.3 is 15.4 Å². The normalized spacial score (nSPS) is 13.0. The Hall–Kier alpha value is -2.66. The molecule has 2 atom stereocenters. The Morgan fingerprint density at radius 3 is 2.28 bits per heavy atom. The summed E-state index contributed by atoms with van der Waals surface area (Å²) < 4.78 is 5.39. The van der Waals surface area contributed by atoms with E-state index in [4.69, 9.17) is 4.74 Å². The third-order valence-corrected chi connectivity index (χ3v) is 4.18. The van der Waals surface area contributed by atoms with Crippen molar-refractivity contribution in [1.82, 2.24) is 0 Å². The zero-order chi connectivity index (χ0) is 18.4. The highest BCUT2D eigenvalue weighted by Crippen LogP contribution is 2.22. The molecule has 0 saturated carbocycles. The minimum absolute atomic E-state index is 0.00483. The fraction of sp³-hybridized carbons (Fsp3) is 0.300. The number of anilines is 1. The molecule has 3 N–H and O–H groups in total. The molecule has 132 valence electrons. The fourth-order valence-corrected chi connectivity index (χ4v) is 2.71. The summed E-state index contributed by atoms with van der Waals surface area (Å²) in [5.41, 5.74) is 2.36. The van der Waals surface area contributed by atoms with Crippen molar-refractivity contribution in [2.75, 3.05) is 12.4 Å². The van der Waals surface area contributed by atoms with Crippen molar-refractivity contribution in [3.63, 3.8) is 0 Å². The summed E-state index contributed by atoms with van der Waals surface area (Å²) in [5.74, 6) is 0.737. The van der Waals surface area contributed by atoms with E-state index in [0.29, 0.717) is 11.3 Å². The monoisotopic (exact) mass is 341 g/mol. The summed E-state index contributed by atoms with van der Waals surface area (Å²) in [6.07, 6.45) is 0. The number of nitrogens with two attached hydrogens (primary N) is 1. The molecule has 0 heterocycles. The Bertz CT molecular complexity index is 741. The van der Waals surface area contributed by atoms with Gasteiger partial charge in [-0.1, -0.05) is 12.1 Å². The van der Waals surface area contributed by atoms with E-state index >= 15 is 0 Å². The number of ketones is 1. The number of benzene rings is 2. The lowest BCUT2D eigenvalue weighted by Gasteiger charge is -2.18. The van der Waals surface area contributed by atoms with Crippen LogP contribution in [0.1, 0.15) is 42.7 Å². The Balaban J connectivity index is 1.98. The van der Waals surface area contributed by atoms with Crippen LogP contribution >= 0.6 is 0 Å².